The van der Waals surface area contributed by atoms with Crippen LogP contribution < -0.4 is 5.32 Å². The second-order valence-electron chi connectivity index (χ2n) is 9.16. The molecule has 0 aliphatic rings. The molecular formula is C17H35NO2. The molecule has 0 fully saturated rings. The van der Waals surface area contributed by atoms with Crippen molar-refractivity contribution in [1.82, 2.24) is 5.32 Å². The molecule has 0 amide bonds. The van der Waals surface area contributed by atoms with E-state index in [-0.39, 0.29) is 22.3 Å². The Labute approximate surface area is 125 Å². The van der Waals surface area contributed by atoms with Gasteiger partial charge in [0.15, 0.2) is 0 Å². The van der Waals surface area contributed by atoms with Gasteiger partial charge in [0, 0.05) is 22.9 Å². The number of nitrogens with one attached hydrogen (secondary N) is 1. The van der Waals surface area contributed by atoms with Gasteiger partial charge >= 0.3 is 0 Å². The maximum absolute atomic E-state index is 12.1. The van der Waals surface area contributed by atoms with Crippen molar-refractivity contribution < 1.29 is 9.53 Å². The molecule has 0 aromatic carbocycles. The van der Waals surface area contributed by atoms with E-state index >= 15 is 0 Å². The first-order valence-corrected chi connectivity index (χ1v) is 7.51. The van der Waals surface area contributed by atoms with Crippen LogP contribution >= 0.6 is 0 Å². The Hall–Kier alpha value is -0.410. The molecule has 0 saturated heterocycles. The van der Waals surface area contributed by atoms with Crippen LogP contribution in [0.3, 0.4) is 0 Å². The second-order valence-corrected chi connectivity index (χ2v) is 9.16. The second kappa shape index (κ2) is 6.15. The predicted octanol–water partition coefficient (Wildman–Crippen LogP) is 3.95. The zero-order valence-corrected chi connectivity index (χ0v) is 15.2. The Bertz CT molecular complexity index is 330. The highest BCUT2D eigenvalue weighted by molar-refractivity contribution is 5.84. The van der Waals surface area contributed by atoms with Crippen molar-refractivity contribution in [2.75, 3.05) is 6.61 Å². The maximum Gasteiger partial charge on any atom is 0.141 e. The smallest absolute Gasteiger partial charge is 0.141 e. The molecule has 0 radical (unpaired) electrons. The zero-order valence-electron chi connectivity index (χ0n) is 15.2. The largest absolute Gasteiger partial charge is 0.373 e. The Balaban J connectivity index is 4.52. The van der Waals surface area contributed by atoms with Crippen LogP contribution in [-0.2, 0) is 9.53 Å². The third kappa shape index (κ3) is 8.70. The minimum absolute atomic E-state index is 0.0399. The number of ketones is 1. The van der Waals surface area contributed by atoms with E-state index in [4.69, 9.17) is 4.74 Å². The topological polar surface area (TPSA) is 38.3 Å². The molecule has 0 bridgehead atoms. The standard InChI is InChI=1S/C17H35NO2/c1-14(2,3)13(19)11-17(9,10)20-12-16(7,8)18-15(4,5)6/h18H,11-12H2,1-10H3. The Kier molecular flexibility index (Phi) is 6.02. The van der Waals surface area contributed by atoms with Crippen molar-refractivity contribution in [3.8, 4) is 0 Å². The maximum atomic E-state index is 12.1. The van der Waals surface area contributed by atoms with Crippen molar-refractivity contribution in [2.45, 2.75) is 92.3 Å². The van der Waals surface area contributed by atoms with Gasteiger partial charge in [0.25, 0.3) is 0 Å². The number of rotatable bonds is 6. The van der Waals surface area contributed by atoms with E-state index in [0.717, 1.165) is 0 Å². The van der Waals surface area contributed by atoms with E-state index < -0.39 is 5.60 Å². The average molecular weight is 285 g/mol. The van der Waals surface area contributed by atoms with E-state index in [0.29, 0.717) is 13.0 Å². The van der Waals surface area contributed by atoms with Crippen LogP contribution in [0.15, 0.2) is 0 Å². The highest BCUT2D eigenvalue weighted by atomic mass is 16.5. The molecule has 20 heavy (non-hydrogen) atoms. The fourth-order valence-corrected chi connectivity index (χ4v) is 2.13. The number of Topliss-reactive ketones (excluding diaryl/α,β-unsaturated/α-hetero) is 1. The van der Waals surface area contributed by atoms with Crippen molar-refractivity contribution in [1.29, 1.82) is 0 Å². The van der Waals surface area contributed by atoms with Gasteiger partial charge in [-0.1, -0.05) is 20.8 Å². The van der Waals surface area contributed by atoms with E-state index in [1.165, 1.54) is 0 Å². The summed E-state index contributed by atoms with van der Waals surface area (Å²) in [6, 6.07) is 0. The average Bonchev–Trinajstić information content (AvgIpc) is 2.09. The highest BCUT2D eigenvalue weighted by Crippen LogP contribution is 2.25. The lowest BCUT2D eigenvalue weighted by molar-refractivity contribution is -0.134. The lowest BCUT2D eigenvalue weighted by Gasteiger charge is -2.37. The predicted molar refractivity (Wildman–Crippen MR) is 86.1 cm³/mol. The van der Waals surface area contributed by atoms with Crippen LogP contribution in [0, 0.1) is 5.41 Å². The van der Waals surface area contributed by atoms with Gasteiger partial charge in [0.1, 0.15) is 5.78 Å². The molecule has 0 rings (SSSR count). The molecule has 0 aliphatic heterocycles. The lowest BCUT2D eigenvalue weighted by Crippen LogP contribution is -2.54. The van der Waals surface area contributed by atoms with Crippen LogP contribution in [0.25, 0.3) is 0 Å². The number of hydrogen-bond donors (Lipinski definition) is 1. The number of hydrogen-bond acceptors (Lipinski definition) is 3. The summed E-state index contributed by atoms with van der Waals surface area (Å²) in [7, 11) is 0. The molecule has 3 nitrogen and oxygen atoms in total. The third-order valence-electron chi connectivity index (χ3n) is 2.96. The van der Waals surface area contributed by atoms with Gasteiger partial charge in [0.05, 0.1) is 12.2 Å². The summed E-state index contributed by atoms with van der Waals surface area (Å²) < 4.78 is 6.02. The highest BCUT2D eigenvalue weighted by Gasteiger charge is 2.32. The van der Waals surface area contributed by atoms with Crippen molar-refractivity contribution in [3.63, 3.8) is 0 Å². The molecular weight excluding hydrogens is 250 g/mol. The van der Waals surface area contributed by atoms with Crippen LogP contribution in [0.2, 0.25) is 0 Å². The molecule has 3 heteroatoms. The quantitative estimate of drug-likeness (QED) is 0.803. The Morgan fingerprint density at radius 2 is 1.35 bits per heavy atom. The summed E-state index contributed by atoms with van der Waals surface area (Å²) in [5, 5.41) is 3.54. The Morgan fingerprint density at radius 3 is 1.70 bits per heavy atom. The van der Waals surface area contributed by atoms with Crippen LogP contribution in [0.1, 0.15) is 75.7 Å². The monoisotopic (exact) mass is 285 g/mol. The molecule has 0 atom stereocenters. The van der Waals surface area contributed by atoms with Crippen molar-refractivity contribution in [2.24, 2.45) is 5.41 Å². The summed E-state index contributed by atoms with van der Waals surface area (Å²) >= 11 is 0. The summed E-state index contributed by atoms with van der Waals surface area (Å²) in [5.74, 6) is 0.240. The molecule has 0 unspecified atom stereocenters. The Morgan fingerprint density at radius 1 is 0.900 bits per heavy atom. The van der Waals surface area contributed by atoms with E-state index in [1.54, 1.807) is 0 Å². The third-order valence-corrected chi connectivity index (χ3v) is 2.96. The van der Waals surface area contributed by atoms with Gasteiger partial charge in [0.2, 0.25) is 0 Å². The molecule has 0 saturated carbocycles. The summed E-state index contributed by atoms with van der Waals surface area (Å²) in [6.45, 7) is 21.1. The van der Waals surface area contributed by atoms with Crippen molar-refractivity contribution >= 4 is 5.78 Å². The zero-order chi connectivity index (χ0) is 16.4. The van der Waals surface area contributed by atoms with Gasteiger partial charge in [-0.05, 0) is 48.5 Å². The van der Waals surface area contributed by atoms with Crippen molar-refractivity contribution in [3.05, 3.63) is 0 Å². The van der Waals surface area contributed by atoms with E-state index in [1.807, 2.05) is 34.6 Å². The van der Waals surface area contributed by atoms with Gasteiger partial charge < -0.3 is 10.1 Å². The fraction of sp³-hybridized carbons (Fsp3) is 0.941. The summed E-state index contributed by atoms with van der Waals surface area (Å²) in [5.41, 5.74) is -0.820. The van der Waals surface area contributed by atoms with Crippen LogP contribution in [0.4, 0.5) is 0 Å². The molecule has 1 N–H and O–H groups in total. The summed E-state index contributed by atoms with van der Waals surface area (Å²) in [6.07, 6.45) is 0.447. The molecule has 0 aromatic rings. The van der Waals surface area contributed by atoms with Gasteiger partial charge in [-0.2, -0.15) is 0 Å². The first kappa shape index (κ1) is 19.6. The first-order chi connectivity index (χ1) is 8.54. The molecule has 0 aromatic heterocycles. The molecule has 0 spiro atoms. The fourth-order valence-electron chi connectivity index (χ4n) is 2.13. The van der Waals surface area contributed by atoms with Crippen LogP contribution in [0.5, 0.6) is 0 Å². The number of ether oxygens (including phenoxy) is 1. The minimum Gasteiger partial charge on any atom is -0.373 e. The molecule has 0 heterocycles. The first-order valence-electron chi connectivity index (χ1n) is 7.51. The van der Waals surface area contributed by atoms with Gasteiger partial charge in [-0.15, -0.1) is 0 Å². The summed E-state index contributed by atoms with van der Waals surface area (Å²) in [4.78, 5) is 12.1. The lowest BCUT2D eigenvalue weighted by atomic mass is 9.84. The minimum atomic E-state index is -0.429. The molecule has 120 valence electrons. The normalized spacial score (nSPS) is 14.5. The van der Waals surface area contributed by atoms with E-state index in [9.17, 15) is 4.79 Å². The van der Waals surface area contributed by atoms with Crippen LogP contribution in [-0.4, -0.2) is 29.1 Å². The van der Waals surface area contributed by atoms with Gasteiger partial charge in [-0.25, -0.2) is 0 Å². The molecule has 0 aliphatic carbocycles. The van der Waals surface area contributed by atoms with E-state index in [2.05, 4.69) is 39.9 Å². The number of carbonyl (C=O) groups excluding carboxylic acids is 1. The SMILES string of the molecule is CC(C)(C)NC(C)(C)COC(C)(C)CC(=O)C(C)(C)C. The van der Waals surface area contributed by atoms with Gasteiger partial charge in [-0.3, -0.25) is 4.79 Å². The number of carbonyl (C=O) groups is 1.